The van der Waals surface area contributed by atoms with Crippen LogP contribution in [0.5, 0.6) is 0 Å². The maximum atomic E-state index is 12.5. The van der Waals surface area contributed by atoms with Gasteiger partial charge in [-0.05, 0) is 51.8 Å². The predicted octanol–water partition coefficient (Wildman–Crippen LogP) is 2.22. The maximum absolute atomic E-state index is 12.5. The molecule has 0 aliphatic carbocycles. The molecule has 1 aromatic carbocycles. The SMILES string of the molecule is Cc1cccc(CN2CCN(C(=O)NCCC(C)N3CCCC3)CC2=O)c1. The zero-order chi connectivity index (χ0) is 19.2. The molecular formula is C21H32N4O2. The van der Waals surface area contributed by atoms with Gasteiger partial charge < -0.3 is 20.0 Å². The van der Waals surface area contributed by atoms with E-state index >= 15 is 0 Å². The summed E-state index contributed by atoms with van der Waals surface area (Å²) in [6.45, 7) is 9.24. The summed E-state index contributed by atoms with van der Waals surface area (Å²) in [7, 11) is 0. The molecular weight excluding hydrogens is 340 g/mol. The summed E-state index contributed by atoms with van der Waals surface area (Å²) in [5.41, 5.74) is 2.33. The van der Waals surface area contributed by atoms with E-state index in [0.717, 1.165) is 12.0 Å². The van der Waals surface area contributed by atoms with Gasteiger partial charge in [-0.1, -0.05) is 29.8 Å². The first-order chi connectivity index (χ1) is 13.0. The van der Waals surface area contributed by atoms with Gasteiger partial charge in [-0.25, -0.2) is 4.79 Å². The van der Waals surface area contributed by atoms with Crippen molar-refractivity contribution in [1.82, 2.24) is 20.0 Å². The van der Waals surface area contributed by atoms with Crippen LogP contribution in [0.25, 0.3) is 0 Å². The second-order valence-electron chi connectivity index (χ2n) is 7.84. The van der Waals surface area contributed by atoms with Gasteiger partial charge in [0, 0.05) is 32.2 Å². The van der Waals surface area contributed by atoms with Gasteiger partial charge in [0.2, 0.25) is 5.91 Å². The monoisotopic (exact) mass is 372 g/mol. The van der Waals surface area contributed by atoms with E-state index in [4.69, 9.17) is 0 Å². The van der Waals surface area contributed by atoms with Crippen LogP contribution in [0.2, 0.25) is 0 Å². The summed E-state index contributed by atoms with van der Waals surface area (Å²) in [5.74, 6) is 0.0170. The Balaban J connectivity index is 1.40. The van der Waals surface area contributed by atoms with E-state index in [0.29, 0.717) is 32.2 Å². The molecule has 3 rings (SSSR count). The fourth-order valence-electron chi connectivity index (χ4n) is 3.94. The summed E-state index contributed by atoms with van der Waals surface area (Å²) in [6.07, 6.45) is 3.52. The van der Waals surface area contributed by atoms with Gasteiger partial charge in [0.15, 0.2) is 0 Å². The van der Waals surface area contributed by atoms with Crippen LogP contribution in [0.1, 0.15) is 37.3 Å². The van der Waals surface area contributed by atoms with Crippen LogP contribution in [0.3, 0.4) is 0 Å². The lowest BCUT2D eigenvalue weighted by Gasteiger charge is -2.34. The van der Waals surface area contributed by atoms with Crippen LogP contribution in [0, 0.1) is 6.92 Å². The molecule has 2 aliphatic heterocycles. The molecule has 27 heavy (non-hydrogen) atoms. The molecule has 0 bridgehead atoms. The molecule has 2 heterocycles. The van der Waals surface area contributed by atoms with Crippen molar-refractivity contribution >= 4 is 11.9 Å². The molecule has 2 aliphatic rings. The Kier molecular flexibility index (Phi) is 6.72. The maximum Gasteiger partial charge on any atom is 0.317 e. The molecule has 0 aromatic heterocycles. The number of piperazine rings is 1. The Labute approximate surface area is 162 Å². The predicted molar refractivity (Wildman–Crippen MR) is 106 cm³/mol. The largest absolute Gasteiger partial charge is 0.338 e. The number of carbonyl (C=O) groups excluding carboxylic acids is 2. The lowest BCUT2D eigenvalue weighted by Crippen LogP contribution is -2.54. The summed E-state index contributed by atoms with van der Waals surface area (Å²) < 4.78 is 0. The van der Waals surface area contributed by atoms with Crippen molar-refractivity contribution in [2.24, 2.45) is 0 Å². The Hall–Kier alpha value is -2.08. The molecule has 1 unspecified atom stereocenters. The molecule has 2 fully saturated rings. The van der Waals surface area contributed by atoms with Gasteiger partial charge in [0.1, 0.15) is 6.54 Å². The quantitative estimate of drug-likeness (QED) is 0.833. The highest BCUT2D eigenvalue weighted by Crippen LogP contribution is 2.14. The van der Waals surface area contributed by atoms with Crippen LogP contribution in [-0.4, -0.2) is 71.9 Å². The number of nitrogens with one attached hydrogen (secondary N) is 1. The fourth-order valence-corrected chi connectivity index (χ4v) is 3.94. The summed E-state index contributed by atoms with van der Waals surface area (Å²) in [6, 6.07) is 8.60. The number of aryl methyl sites for hydroxylation is 1. The second kappa shape index (κ2) is 9.22. The first kappa shape index (κ1) is 19.7. The molecule has 0 radical (unpaired) electrons. The first-order valence-electron chi connectivity index (χ1n) is 10.1. The molecule has 3 amide bonds. The van der Waals surface area contributed by atoms with Crippen molar-refractivity contribution in [2.45, 2.75) is 45.7 Å². The zero-order valence-corrected chi connectivity index (χ0v) is 16.6. The molecule has 1 N–H and O–H groups in total. The van der Waals surface area contributed by atoms with E-state index in [9.17, 15) is 9.59 Å². The van der Waals surface area contributed by atoms with Gasteiger partial charge in [-0.2, -0.15) is 0 Å². The number of likely N-dealkylation sites (tertiary alicyclic amines) is 1. The fraction of sp³-hybridized carbons (Fsp3) is 0.619. The van der Waals surface area contributed by atoms with Crippen LogP contribution in [0.4, 0.5) is 4.79 Å². The van der Waals surface area contributed by atoms with Gasteiger partial charge in [0.25, 0.3) is 0 Å². The van der Waals surface area contributed by atoms with E-state index in [-0.39, 0.29) is 18.5 Å². The smallest absolute Gasteiger partial charge is 0.317 e. The summed E-state index contributed by atoms with van der Waals surface area (Å²) in [5, 5.41) is 2.99. The highest BCUT2D eigenvalue weighted by atomic mass is 16.2. The van der Waals surface area contributed by atoms with E-state index < -0.39 is 0 Å². The van der Waals surface area contributed by atoms with Crippen molar-refractivity contribution in [3.63, 3.8) is 0 Å². The number of benzene rings is 1. The van der Waals surface area contributed by atoms with Crippen LogP contribution in [0.15, 0.2) is 24.3 Å². The highest BCUT2D eigenvalue weighted by molar-refractivity contribution is 5.85. The van der Waals surface area contributed by atoms with Crippen molar-refractivity contribution in [3.05, 3.63) is 35.4 Å². The van der Waals surface area contributed by atoms with Crippen LogP contribution in [-0.2, 0) is 11.3 Å². The second-order valence-corrected chi connectivity index (χ2v) is 7.84. The summed E-state index contributed by atoms with van der Waals surface area (Å²) in [4.78, 5) is 30.8. The number of nitrogens with zero attached hydrogens (tertiary/aromatic N) is 3. The van der Waals surface area contributed by atoms with Crippen LogP contribution >= 0.6 is 0 Å². The topological polar surface area (TPSA) is 55.9 Å². The first-order valence-corrected chi connectivity index (χ1v) is 10.1. The number of amides is 3. The Morgan fingerprint density at radius 1 is 1.19 bits per heavy atom. The molecule has 0 saturated carbocycles. The Morgan fingerprint density at radius 2 is 1.96 bits per heavy atom. The van der Waals surface area contributed by atoms with Crippen molar-refractivity contribution < 1.29 is 9.59 Å². The normalized spacial score (nSPS) is 19.4. The molecule has 6 heteroatoms. The number of urea groups is 1. The van der Waals surface area contributed by atoms with E-state index in [1.807, 2.05) is 17.0 Å². The third-order valence-corrected chi connectivity index (χ3v) is 5.66. The lowest BCUT2D eigenvalue weighted by atomic mass is 10.1. The third kappa shape index (κ3) is 5.45. The minimum Gasteiger partial charge on any atom is -0.338 e. The van der Waals surface area contributed by atoms with Crippen molar-refractivity contribution in [3.8, 4) is 0 Å². The number of rotatable bonds is 6. The zero-order valence-electron chi connectivity index (χ0n) is 16.6. The molecule has 2 saturated heterocycles. The van der Waals surface area contributed by atoms with Gasteiger partial charge in [-0.3, -0.25) is 4.79 Å². The van der Waals surface area contributed by atoms with Gasteiger partial charge >= 0.3 is 6.03 Å². The molecule has 148 valence electrons. The number of hydrogen-bond donors (Lipinski definition) is 1. The number of carbonyl (C=O) groups is 2. The minimum atomic E-state index is -0.118. The third-order valence-electron chi connectivity index (χ3n) is 5.66. The van der Waals surface area contributed by atoms with Gasteiger partial charge in [0.05, 0.1) is 0 Å². The Morgan fingerprint density at radius 3 is 2.67 bits per heavy atom. The van der Waals surface area contributed by atoms with Crippen molar-refractivity contribution in [2.75, 3.05) is 39.3 Å². The Bertz CT molecular complexity index is 657. The summed E-state index contributed by atoms with van der Waals surface area (Å²) >= 11 is 0. The van der Waals surface area contributed by atoms with E-state index in [1.165, 1.54) is 31.5 Å². The van der Waals surface area contributed by atoms with E-state index in [1.54, 1.807) is 4.90 Å². The average molecular weight is 373 g/mol. The standard InChI is InChI=1S/C21H32N4O2/c1-17-6-5-7-19(14-17)15-24-12-13-25(16-20(24)26)21(27)22-9-8-18(2)23-10-3-4-11-23/h5-7,14,18H,3-4,8-13,15-16H2,1-2H3,(H,22,27). The van der Waals surface area contributed by atoms with Gasteiger partial charge in [-0.15, -0.1) is 0 Å². The van der Waals surface area contributed by atoms with E-state index in [2.05, 4.69) is 36.2 Å². The molecule has 1 aromatic rings. The van der Waals surface area contributed by atoms with Crippen molar-refractivity contribution in [1.29, 1.82) is 0 Å². The molecule has 0 spiro atoms. The minimum absolute atomic E-state index is 0.0170. The average Bonchev–Trinajstić information content (AvgIpc) is 3.18. The number of hydrogen-bond acceptors (Lipinski definition) is 3. The molecule has 6 nitrogen and oxygen atoms in total. The lowest BCUT2D eigenvalue weighted by molar-refractivity contribution is -0.135. The van der Waals surface area contributed by atoms with Crippen LogP contribution < -0.4 is 5.32 Å². The molecule has 1 atom stereocenters. The highest BCUT2D eigenvalue weighted by Gasteiger charge is 2.27.